The minimum atomic E-state index is -5.08. The predicted molar refractivity (Wildman–Crippen MR) is 39.4 cm³/mol. The van der Waals surface area contributed by atoms with Crippen LogP contribution in [0.4, 0.5) is 13.2 Å². The van der Waals surface area contributed by atoms with Gasteiger partial charge in [0.2, 0.25) is 0 Å². The molecular formula is C6H11F3N2O2. The monoisotopic (exact) mass is 200 g/mol. The Morgan fingerprint density at radius 2 is 1.92 bits per heavy atom. The molecule has 3 N–H and O–H groups in total. The smallest absolute Gasteiger partial charge is 0.475 e. The van der Waals surface area contributed by atoms with Crippen molar-refractivity contribution in [3.63, 3.8) is 0 Å². The molecule has 1 saturated heterocycles. The van der Waals surface area contributed by atoms with Crippen molar-refractivity contribution in [3.8, 4) is 0 Å². The first kappa shape index (κ1) is 12.2. The maximum Gasteiger partial charge on any atom is 0.490 e. The van der Waals surface area contributed by atoms with Crippen LogP contribution in [0.2, 0.25) is 0 Å². The average molecular weight is 200 g/mol. The minimum Gasteiger partial charge on any atom is -0.475 e. The molecule has 0 aromatic rings. The van der Waals surface area contributed by atoms with E-state index in [0.717, 1.165) is 19.1 Å². The van der Waals surface area contributed by atoms with Crippen LogP contribution in [0.1, 0.15) is 0 Å². The lowest BCUT2D eigenvalue weighted by Gasteiger charge is -2.25. The Labute approximate surface area is 73.1 Å². The second-order valence-corrected chi connectivity index (χ2v) is 2.45. The van der Waals surface area contributed by atoms with E-state index in [0.29, 0.717) is 0 Å². The van der Waals surface area contributed by atoms with E-state index in [1.165, 1.54) is 0 Å². The molecule has 0 spiro atoms. The largest absolute Gasteiger partial charge is 0.490 e. The van der Waals surface area contributed by atoms with Crippen molar-refractivity contribution in [1.82, 2.24) is 10.6 Å². The Balaban J connectivity index is 0.000000223. The molecule has 0 aliphatic carbocycles. The highest BCUT2D eigenvalue weighted by atomic mass is 19.4. The third kappa shape index (κ3) is 5.42. The number of aliphatic carboxylic acids is 1. The Hall–Kier alpha value is -0.820. The van der Waals surface area contributed by atoms with E-state index in [-0.39, 0.29) is 0 Å². The van der Waals surface area contributed by atoms with Gasteiger partial charge in [0.25, 0.3) is 0 Å². The summed E-state index contributed by atoms with van der Waals surface area (Å²) in [5, 5.41) is 13.4. The van der Waals surface area contributed by atoms with Crippen LogP contribution >= 0.6 is 0 Å². The van der Waals surface area contributed by atoms with Crippen molar-refractivity contribution in [3.05, 3.63) is 0 Å². The molecule has 13 heavy (non-hydrogen) atoms. The molecule has 0 aromatic heterocycles. The topological polar surface area (TPSA) is 61.4 Å². The third-order valence-electron chi connectivity index (χ3n) is 1.43. The van der Waals surface area contributed by atoms with Gasteiger partial charge >= 0.3 is 12.1 Å². The van der Waals surface area contributed by atoms with Gasteiger partial charge < -0.3 is 15.7 Å². The zero-order chi connectivity index (χ0) is 10.5. The third-order valence-corrected chi connectivity index (χ3v) is 1.43. The van der Waals surface area contributed by atoms with Gasteiger partial charge in [-0.2, -0.15) is 13.2 Å². The number of hydrogen-bond acceptors (Lipinski definition) is 3. The Morgan fingerprint density at radius 3 is 1.92 bits per heavy atom. The molecule has 1 rings (SSSR count). The summed E-state index contributed by atoms with van der Waals surface area (Å²) in [6.45, 7) is 2.30. The summed E-state index contributed by atoms with van der Waals surface area (Å²) in [6.07, 6.45) is -5.08. The Bertz CT molecular complexity index is 165. The van der Waals surface area contributed by atoms with Gasteiger partial charge in [0.05, 0.1) is 0 Å². The van der Waals surface area contributed by atoms with Crippen LogP contribution in [0, 0.1) is 0 Å². The van der Waals surface area contributed by atoms with Gasteiger partial charge in [0, 0.05) is 19.1 Å². The SMILES string of the molecule is CNC1CNC1.O=C(O)C(F)(F)F. The van der Waals surface area contributed by atoms with E-state index < -0.39 is 12.1 Å². The van der Waals surface area contributed by atoms with Gasteiger partial charge in [0.15, 0.2) is 0 Å². The number of hydrogen-bond donors (Lipinski definition) is 3. The minimum absolute atomic E-state index is 0.755. The summed E-state index contributed by atoms with van der Waals surface area (Å²) in [5.41, 5.74) is 0. The first-order chi connectivity index (χ1) is 5.88. The molecule has 0 saturated carbocycles. The number of carboxylic acids is 1. The zero-order valence-corrected chi connectivity index (χ0v) is 6.98. The molecule has 7 heteroatoms. The molecule has 0 bridgehead atoms. The van der Waals surface area contributed by atoms with Crippen LogP contribution in [-0.4, -0.2) is 43.4 Å². The summed E-state index contributed by atoms with van der Waals surface area (Å²) < 4.78 is 31.7. The molecule has 0 aromatic carbocycles. The molecule has 0 amide bonds. The molecule has 78 valence electrons. The highest BCUT2D eigenvalue weighted by Crippen LogP contribution is 2.13. The average Bonchev–Trinajstić information content (AvgIpc) is 1.83. The molecule has 0 radical (unpaired) electrons. The van der Waals surface area contributed by atoms with Crippen LogP contribution in [0.3, 0.4) is 0 Å². The lowest BCUT2D eigenvalue weighted by atomic mass is 10.2. The van der Waals surface area contributed by atoms with Gasteiger partial charge in [-0.1, -0.05) is 0 Å². The van der Waals surface area contributed by atoms with Gasteiger partial charge in [-0.05, 0) is 7.05 Å². The van der Waals surface area contributed by atoms with Crippen LogP contribution in [0.5, 0.6) is 0 Å². The van der Waals surface area contributed by atoms with Crippen molar-refractivity contribution < 1.29 is 23.1 Å². The highest BCUT2D eigenvalue weighted by Gasteiger charge is 2.38. The molecule has 4 nitrogen and oxygen atoms in total. The van der Waals surface area contributed by atoms with E-state index in [1.54, 1.807) is 0 Å². The van der Waals surface area contributed by atoms with E-state index in [2.05, 4.69) is 10.6 Å². The molecular weight excluding hydrogens is 189 g/mol. The van der Waals surface area contributed by atoms with Crippen LogP contribution in [0.25, 0.3) is 0 Å². The predicted octanol–water partition coefficient (Wildman–Crippen LogP) is -0.189. The van der Waals surface area contributed by atoms with E-state index in [9.17, 15) is 13.2 Å². The molecule has 1 fully saturated rings. The van der Waals surface area contributed by atoms with Crippen molar-refractivity contribution in [2.75, 3.05) is 20.1 Å². The number of carboxylic acid groups (broad SMARTS) is 1. The second kappa shape index (κ2) is 5.03. The van der Waals surface area contributed by atoms with Crippen molar-refractivity contribution >= 4 is 5.97 Å². The quantitative estimate of drug-likeness (QED) is 0.549. The van der Waals surface area contributed by atoms with E-state index in [4.69, 9.17) is 9.90 Å². The number of carbonyl (C=O) groups is 1. The Kier molecular flexibility index (Phi) is 4.71. The lowest BCUT2D eigenvalue weighted by Crippen LogP contribution is -2.54. The fraction of sp³-hybridized carbons (Fsp3) is 0.833. The van der Waals surface area contributed by atoms with Gasteiger partial charge in [-0.25, -0.2) is 4.79 Å². The fourth-order valence-corrected chi connectivity index (χ4v) is 0.493. The van der Waals surface area contributed by atoms with Gasteiger partial charge in [-0.3, -0.25) is 0 Å². The van der Waals surface area contributed by atoms with Gasteiger partial charge in [-0.15, -0.1) is 0 Å². The van der Waals surface area contributed by atoms with Crippen molar-refractivity contribution in [1.29, 1.82) is 0 Å². The number of halogens is 3. The molecule has 1 heterocycles. The summed E-state index contributed by atoms with van der Waals surface area (Å²) >= 11 is 0. The van der Waals surface area contributed by atoms with Crippen LogP contribution in [-0.2, 0) is 4.79 Å². The molecule has 0 atom stereocenters. The molecule has 1 aliphatic heterocycles. The summed E-state index contributed by atoms with van der Waals surface area (Å²) in [4.78, 5) is 8.90. The summed E-state index contributed by atoms with van der Waals surface area (Å²) in [7, 11) is 1.99. The second-order valence-electron chi connectivity index (χ2n) is 2.45. The number of rotatable bonds is 1. The van der Waals surface area contributed by atoms with E-state index in [1.807, 2.05) is 7.05 Å². The first-order valence-corrected chi connectivity index (χ1v) is 3.56. The number of alkyl halides is 3. The Morgan fingerprint density at radius 1 is 1.54 bits per heavy atom. The standard InChI is InChI=1S/C4H10N2.C2HF3O2/c1-5-4-2-6-3-4;3-2(4,5)1(6)7/h4-6H,2-3H2,1H3;(H,6,7). The van der Waals surface area contributed by atoms with Crippen LogP contribution < -0.4 is 10.6 Å². The summed E-state index contributed by atoms with van der Waals surface area (Å²) in [5.74, 6) is -2.76. The summed E-state index contributed by atoms with van der Waals surface area (Å²) in [6, 6.07) is 0.755. The van der Waals surface area contributed by atoms with Gasteiger partial charge in [0.1, 0.15) is 0 Å². The van der Waals surface area contributed by atoms with Crippen LogP contribution in [0.15, 0.2) is 0 Å². The molecule has 0 unspecified atom stereocenters. The normalized spacial score (nSPS) is 16.9. The fourth-order valence-electron chi connectivity index (χ4n) is 0.493. The highest BCUT2D eigenvalue weighted by molar-refractivity contribution is 5.73. The zero-order valence-electron chi connectivity index (χ0n) is 6.98. The molecule has 1 aliphatic rings. The maximum atomic E-state index is 10.6. The van der Waals surface area contributed by atoms with E-state index >= 15 is 0 Å². The lowest BCUT2D eigenvalue weighted by molar-refractivity contribution is -0.192. The first-order valence-electron chi connectivity index (χ1n) is 3.56. The number of nitrogens with one attached hydrogen (secondary N) is 2. The van der Waals surface area contributed by atoms with Crippen molar-refractivity contribution in [2.24, 2.45) is 0 Å². The number of likely N-dealkylation sites (N-methyl/N-ethyl adjacent to an activating group) is 1. The van der Waals surface area contributed by atoms with Crippen molar-refractivity contribution in [2.45, 2.75) is 12.2 Å². The maximum absolute atomic E-state index is 10.6.